The molecule has 0 bridgehead atoms. The number of ether oxygens (including phenoxy) is 1. The Morgan fingerprint density at radius 3 is 2.77 bits per heavy atom. The standard InChI is InChI=1S/C18H21ClN6O/c1-5-6-7-12-14-16(19)22-18(20)23-17(14)25(24-12)9-13-11(3)15(26-4)10(2)8-21-13/h5,8H,1,6-7,9H2,2-4H3,(H2,20,22,23). The number of aromatic nitrogens is 5. The number of methoxy groups -OCH3 is 1. The number of nitrogens with two attached hydrogens (primary N) is 1. The molecule has 8 heteroatoms. The molecule has 3 heterocycles. The molecule has 0 saturated heterocycles. The Balaban J connectivity index is 2.12. The SMILES string of the molecule is C=CCCc1nn(Cc2ncc(C)c(OC)c2C)c2nc(N)nc(Cl)c12. The number of pyridine rings is 1. The van der Waals surface area contributed by atoms with Gasteiger partial charge < -0.3 is 10.5 Å². The van der Waals surface area contributed by atoms with Crippen LogP contribution >= 0.6 is 11.6 Å². The van der Waals surface area contributed by atoms with Crippen LogP contribution in [0.5, 0.6) is 5.75 Å². The number of hydrogen-bond donors (Lipinski definition) is 1. The molecule has 0 aromatic carbocycles. The summed E-state index contributed by atoms with van der Waals surface area (Å²) in [5, 5.41) is 5.72. The molecule has 0 aliphatic rings. The van der Waals surface area contributed by atoms with Crippen molar-refractivity contribution < 1.29 is 4.74 Å². The van der Waals surface area contributed by atoms with Gasteiger partial charge in [0.05, 0.1) is 30.4 Å². The molecule has 3 aromatic heterocycles. The Hall–Kier alpha value is -2.67. The van der Waals surface area contributed by atoms with E-state index >= 15 is 0 Å². The fraction of sp³-hybridized carbons (Fsp3) is 0.333. The molecular formula is C18H21ClN6O. The van der Waals surface area contributed by atoms with Crippen molar-refractivity contribution in [3.63, 3.8) is 0 Å². The van der Waals surface area contributed by atoms with Gasteiger partial charge in [0.2, 0.25) is 5.95 Å². The minimum absolute atomic E-state index is 0.116. The van der Waals surface area contributed by atoms with Crippen molar-refractivity contribution in [1.29, 1.82) is 0 Å². The van der Waals surface area contributed by atoms with Crippen LogP contribution in [0.1, 0.15) is 28.9 Å². The van der Waals surface area contributed by atoms with Crippen molar-refractivity contribution in [1.82, 2.24) is 24.7 Å². The summed E-state index contributed by atoms with van der Waals surface area (Å²) in [5.74, 6) is 0.940. The monoisotopic (exact) mass is 372 g/mol. The highest BCUT2D eigenvalue weighted by Gasteiger charge is 2.19. The summed E-state index contributed by atoms with van der Waals surface area (Å²) in [4.78, 5) is 13.0. The van der Waals surface area contributed by atoms with Gasteiger partial charge in [-0.05, 0) is 26.7 Å². The first-order valence-corrected chi connectivity index (χ1v) is 8.62. The fourth-order valence-corrected chi connectivity index (χ4v) is 3.29. The van der Waals surface area contributed by atoms with E-state index in [-0.39, 0.29) is 5.95 Å². The highest BCUT2D eigenvalue weighted by atomic mass is 35.5. The van der Waals surface area contributed by atoms with Gasteiger partial charge in [-0.2, -0.15) is 10.1 Å². The van der Waals surface area contributed by atoms with Crippen LogP contribution in [-0.2, 0) is 13.0 Å². The van der Waals surface area contributed by atoms with Crippen LogP contribution in [0.25, 0.3) is 11.0 Å². The summed E-state index contributed by atoms with van der Waals surface area (Å²) >= 11 is 6.32. The lowest BCUT2D eigenvalue weighted by Crippen LogP contribution is -2.09. The fourth-order valence-electron chi connectivity index (χ4n) is 3.01. The Labute approximate surface area is 156 Å². The quantitative estimate of drug-likeness (QED) is 0.527. The summed E-state index contributed by atoms with van der Waals surface area (Å²) < 4.78 is 7.26. The van der Waals surface area contributed by atoms with Gasteiger partial charge in [-0.3, -0.25) is 4.98 Å². The van der Waals surface area contributed by atoms with E-state index in [1.807, 2.05) is 19.9 Å². The number of anilines is 1. The number of aryl methyl sites for hydroxylation is 2. The van der Waals surface area contributed by atoms with E-state index in [2.05, 4.69) is 26.6 Å². The maximum Gasteiger partial charge on any atom is 0.223 e. The zero-order chi connectivity index (χ0) is 18.8. The third-order valence-electron chi connectivity index (χ3n) is 4.27. The maximum atomic E-state index is 6.32. The first kappa shape index (κ1) is 18.1. The molecule has 0 radical (unpaired) electrons. The van der Waals surface area contributed by atoms with E-state index < -0.39 is 0 Å². The van der Waals surface area contributed by atoms with Gasteiger partial charge in [-0.1, -0.05) is 17.7 Å². The van der Waals surface area contributed by atoms with Gasteiger partial charge in [-0.25, -0.2) is 9.67 Å². The van der Waals surface area contributed by atoms with Gasteiger partial charge in [-0.15, -0.1) is 6.58 Å². The predicted octanol–water partition coefficient (Wildman–Crippen LogP) is 3.25. The first-order chi connectivity index (χ1) is 12.5. The van der Waals surface area contributed by atoms with E-state index in [0.717, 1.165) is 40.1 Å². The highest BCUT2D eigenvalue weighted by molar-refractivity contribution is 6.34. The zero-order valence-electron chi connectivity index (χ0n) is 15.1. The van der Waals surface area contributed by atoms with Crippen molar-refractivity contribution in [2.75, 3.05) is 12.8 Å². The van der Waals surface area contributed by atoms with Gasteiger partial charge in [0.15, 0.2) is 5.65 Å². The van der Waals surface area contributed by atoms with E-state index in [1.54, 1.807) is 18.0 Å². The van der Waals surface area contributed by atoms with Gasteiger partial charge >= 0.3 is 0 Å². The molecule has 3 rings (SSSR count). The Bertz CT molecular complexity index is 982. The molecule has 2 N–H and O–H groups in total. The number of nitrogen functional groups attached to an aromatic ring is 1. The molecule has 3 aromatic rings. The number of fused-ring (bicyclic) bond motifs is 1. The van der Waals surface area contributed by atoms with Crippen LogP contribution in [0.2, 0.25) is 5.15 Å². The van der Waals surface area contributed by atoms with Crippen molar-refractivity contribution in [2.45, 2.75) is 33.2 Å². The average molecular weight is 373 g/mol. The third-order valence-corrected chi connectivity index (χ3v) is 4.55. The normalized spacial score (nSPS) is 11.1. The second-order valence-corrected chi connectivity index (χ2v) is 6.41. The number of hydrogen-bond acceptors (Lipinski definition) is 6. The van der Waals surface area contributed by atoms with E-state index in [9.17, 15) is 0 Å². The van der Waals surface area contributed by atoms with Crippen molar-refractivity contribution in [3.05, 3.63) is 46.5 Å². The van der Waals surface area contributed by atoms with Gasteiger partial charge in [0, 0.05) is 17.3 Å². The van der Waals surface area contributed by atoms with Crippen LogP contribution in [0.3, 0.4) is 0 Å². The molecule has 0 aliphatic carbocycles. The lowest BCUT2D eigenvalue weighted by molar-refractivity contribution is 0.406. The number of halogens is 1. The Morgan fingerprint density at radius 1 is 1.31 bits per heavy atom. The maximum absolute atomic E-state index is 6.32. The molecule has 26 heavy (non-hydrogen) atoms. The van der Waals surface area contributed by atoms with Crippen molar-refractivity contribution in [2.24, 2.45) is 0 Å². The summed E-state index contributed by atoms with van der Waals surface area (Å²) in [6.07, 6.45) is 5.11. The third kappa shape index (κ3) is 3.22. The lowest BCUT2D eigenvalue weighted by atomic mass is 10.1. The molecular weight excluding hydrogens is 352 g/mol. The summed E-state index contributed by atoms with van der Waals surface area (Å²) in [5.41, 5.74) is 10.0. The van der Waals surface area contributed by atoms with Gasteiger partial charge in [0.1, 0.15) is 10.9 Å². The van der Waals surface area contributed by atoms with Crippen LogP contribution in [0, 0.1) is 13.8 Å². The lowest BCUT2D eigenvalue weighted by Gasteiger charge is -2.12. The summed E-state index contributed by atoms with van der Waals surface area (Å²) in [7, 11) is 1.66. The number of rotatable bonds is 6. The van der Waals surface area contributed by atoms with Crippen molar-refractivity contribution in [3.8, 4) is 5.75 Å². The molecule has 0 spiro atoms. The topological polar surface area (TPSA) is 91.7 Å². The number of nitrogens with zero attached hydrogens (tertiary/aromatic N) is 5. The molecule has 0 atom stereocenters. The molecule has 7 nitrogen and oxygen atoms in total. The molecule has 136 valence electrons. The molecule has 0 aliphatic heterocycles. The molecule has 0 amide bonds. The van der Waals surface area contributed by atoms with Crippen LogP contribution in [0.15, 0.2) is 18.9 Å². The van der Waals surface area contributed by atoms with E-state index in [0.29, 0.717) is 23.8 Å². The van der Waals surface area contributed by atoms with Gasteiger partial charge in [0.25, 0.3) is 0 Å². The molecule has 0 saturated carbocycles. The largest absolute Gasteiger partial charge is 0.496 e. The highest BCUT2D eigenvalue weighted by Crippen LogP contribution is 2.28. The summed E-state index contributed by atoms with van der Waals surface area (Å²) in [6.45, 7) is 8.14. The Morgan fingerprint density at radius 2 is 2.08 bits per heavy atom. The minimum atomic E-state index is 0.116. The second-order valence-electron chi connectivity index (χ2n) is 6.05. The first-order valence-electron chi connectivity index (χ1n) is 8.24. The van der Waals surface area contributed by atoms with E-state index in [1.165, 1.54) is 0 Å². The van der Waals surface area contributed by atoms with Crippen molar-refractivity contribution >= 4 is 28.6 Å². The summed E-state index contributed by atoms with van der Waals surface area (Å²) in [6, 6.07) is 0. The average Bonchev–Trinajstić information content (AvgIpc) is 2.93. The Kier molecular flexibility index (Phi) is 5.08. The van der Waals surface area contributed by atoms with Crippen LogP contribution in [0.4, 0.5) is 5.95 Å². The van der Waals surface area contributed by atoms with E-state index in [4.69, 9.17) is 22.1 Å². The molecule has 0 fully saturated rings. The number of allylic oxidation sites excluding steroid dienone is 1. The predicted molar refractivity (Wildman–Crippen MR) is 103 cm³/mol. The van der Waals surface area contributed by atoms with Crippen LogP contribution in [-0.4, -0.2) is 31.8 Å². The zero-order valence-corrected chi connectivity index (χ0v) is 15.8. The van der Waals surface area contributed by atoms with Crippen LogP contribution < -0.4 is 10.5 Å². The minimum Gasteiger partial charge on any atom is -0.496 e. The molecule has 0 unspecified atom stereocenters. The smallest absolute Gasteiger partial charge is 0.223 e. The second kappa shape index (κ2) is 7.29.